The first kappa shape index (κ1) is 15.3. The number of hydrogen-bond acceptors (Lipinski definition) is 4. The topological polar surface area (TPSA) is 41.9 Å². The molecule has 4 heteroatoms. The van der Waals surface area contributed by atoms with Gasteiger partial charge in [0.1, 0.15) is 0 Å². The van der Waals surface area contributed by atoms with Crippen LogP contribution in [0.25, 0.3) is 0 Å². The van der Waals surface area contributed by atoms with Gasteiger partial charge in [-0.1, -0.05) is 6.07 Å². The maximum atomic E-state index is 10.4. The molecule has 0 amide bonds. The van der Waals surface area contributed by atoms with Gasteiger partial charge in [-0.25, -0.2) is 0 Å². The summed E-state index contributed by atoms with van der Waals surface area (Å²) in [6.07, 6.45) is 5.33. The number of benzene rings is 1. The van der Waals surface area contributed by atoms with Crippen LogP contribution in [0.1, 0.15) is 37.7 Å². The van der Waals surface area contributed by atoms with Gasteiger partial charge in [-0.3, -0.25) is 0 Å². The number of aliphatic hydroxyl groups excluding tert-OH is 1. The van der Waals surface area contributed by atoms with Crippen molar-refractivity contribution in [2.45, 2.75) is 49.7 Å². The number of likely N-dealkylation sites (tertiary alicyclic amines) is 1. The van der Waals surface area contributed by atoms with E-state index in [1.807, 2.05) is 6.07 Å². The molecule has 3 aliphatic rings. The second-order valence-electron chi connectivity index (χ2n) is 7.66. The molecule has 23 heavy (non-hydrogen) atoms. The zero-order valence-corrected chi connectivity index (χ0v) is 14.3. The van der Waals surface area contributed by atoms with Crippen molar-refractivity contribution < 1.29 is 14.6 Å². The van der Waals surface area contributed by atoms with E-state index in [9.17, 15) is 5.11 Å². The lowest BCUT2D eigenvalue weighted by molar-refractivity contribution is 0.00435. The molecular formula is C19H27NO3. The van der Waals surface area contributed by atoms with Crippen molar-refractivity contribution in [3.8, 4) is 11.5 Å². The van der Waals surface area contributed by atoms with Crippen molar-refractivity contribution in [3.05, 3.63) is 23.8 Å². The van der Waals surface area contributed by atoms with Crippen molar-refractivity contribution in [2.75, 3.05) is 27.8 Å². The van der Waals surface area contributed by atoms with Crippen molar-refractivity contribution >= 4 is 0 Å². The molecule has 1 spiro atoms. The zero-order chi connectivity index (χ0) is 16.2. The highest BCUT2D eigenvalue weighted by Crippen LogP contribution is 2.70. The number of rotatable bonds is 3. The summed E-state index contributed by atoms with van der Waals surface area (Å²) in [5.41, 5.74) is 1.80. The molecule has 4 rings (SSSR count). The van der Waals surface area contributed by atoms with Gasteiger partial charge >= 0.3 is 0 Å². The molecule has 1 aliphatic heterocycles. The summed E-state index contributed by atoms with van der Waals surface area (Å²) in [6, 6.07) is 6.87. The van der Waals surface area contributed by atoms with E-state index in [0.29, 0.717) is 6.04 Å². The van der Waals surface area contributed by atoms with Crippen LogP contribution in [-0.4, -0.2) is 50.0 Å². The van der Waals surface area contributed by atoms with Gasteiger partial charge in [0, 0.05) is 11.5 Å². The van der Waals surface area contributed by atoms with E-state index in [1.165, 1.54) is 24.8 Å². The number of nitrogens with zero attached hydrogens (tertiary/aromatic N) is 1. The highest BCUT2D eigenvalue weighted by molar-refractivity contribution is 5.48. The molecule has 2 aliphatic carbocycles. The molecule has 0 aromatic heterocycles. The van der Waals surface area contributed by atoms with Crippen LogP contribution in [0.3, 0.4) is 0 Å². The Kier molecular flexibility index (Phi) is 3.40. The first-order chi connectivity index (χ1) is 11.1. The Balaban J connectivity index is 1.84. The average Bonchev–Trinajstić information content (AvgIpc) is 3.24. The summed E-state index contributed by atoms with van der Waals surface area (Å²) in [4.78, 5) is 2.46. The predicted octanol–water partition coefficient (Wildman–Crippen LogP) is 2.58. The molecule has 1 N–H and O–H groups in total. The number of aliphatic hydroxyl groups is 1. The van der Waals surface area contributed by atoms with Gasteiger partial charge < -0.3 is 19.5 Å². The predicted molar refractivity (Wildman–Crippen MR) is 89.2 cm³/mol. The van der Waals surface area contributed by atoms with Crippen LogP contribution in [0.5, 0.6) is 11.5 Å². The minimum absolute atomic E-state index is 0.153. The van der Waals surface area contributed by atoms with E-state index in [4.69, 9.17) is 9.47 Å². The lowest BCUT2D eigenvalue weighted by atomic mass is 9.57. The normalized spacial score (nSPS) is 35.1. The standard InChI is InChI=1S/C19H27NO3/c1-20-9-8-19(13-4-5-15(22-2)16(10-13)23-3)17(20)11-14(21)12-18(19)6-7-18/h4-5,10,14,17,21H,6-9,11-12H2,1-3H3/t14-,17+,19-/m1/s1. The molecule has 4 nitrogen and oxygen atoms in total. The Morgan fingerprint density at radius 3 is 2.52 bits per heavy atom. The van der Waals surface area contributed by atoms with E-state index in [2.05, 4.69) is 24.1 Å². The van der Waals surface area contributed by atoms with Crippen molar-refractivity contribution in [1.82, 2.24) is 4.90 Å². The van der Waals surface area contributed by atoms with Gasteiger partial charge in [0.05, 0.1) is 20.3 Å². The largest absolute Gasteiger partial charge is 0.493 e. The highest BCUT2D eigenvalue weighted by Gasteiger charge is 2.68. The molecule has 0 unspecified atom stereocenters. The van der Waals surface area contributed by atoms with E-state index in [0.717, 1.165) is 30.9 Å². The summed E-state index contributed by atoms with van der Waals surface area (Å²) in [7, 11) is 5.59. The quantitative estimate of drug-likeness (QED) is 0.930. The van der Waals surface area contributed by atoms with Crippen molar-refractivity contribution in [3.63, 3.8) is 0 Å². The Morgan fingerprint density at radius 2 is 1.87 bits per heavy atom. The molecule has 3 fully saturated rings. The fourth-order valence-electron chi connectivity index (χ4n) is 5.58. The summed E-state index contributed by atoms with van der Waals surface area (Å²) < 4.78 is 11.0. The Morgan fingerprint density at radius 1 is 1.13 bits per heavy atom. The smallest absolute Gasteiger partial charge is 0.161 e. The van der Waals surface area contributed by atoms with E-state index in [-0.39, 0.29) is 16.9 Å². The van der Waals surface area contributed by atoms with Gasteiger partial charge in [0.15, 0.2) is 11.5 Å². The third-order valence-corrected chi connectivity index (χ3v) is 6.78. The summed E-state index contributed by atoms with van der Waals surface area (Å²) in [5.74, 6) is 1.60. The van der Waals surface area contributed by atoms with Gasteiger partial charge in [0.2, 0.25) is 0 Å². The van der Waals surface area contributed by atoms with Crippen LogP contribution < -0.4 is 9.47 Å². The molecule has 1 aromatic carbocycles. The van der Waals surface area contributed by atoms with Crippen LogP contribution >= 0.6 is 0 Å². The third-order valence-electron chi connectivity index (χ3n) is 6.78. The second kappa shape index (κ2) is 5.12. The van der Waals surface area contributed by atoms with E-state index in [1.54, 1.807) is 14.2 Å². The Labute approximate surface area is 138 Å². The zero-order valence-electron chi connectivity index (χ0n) is 14.3. The summed E-state index contributed by atoms with van der Waals surface area (Å²) in [5, 5.41) is 10.4. The van der Waals surface area contributed by atoms with Crippen LogP contribution in [0.4, 0.5) is 0 Å². The number of ether oxygens (including phenoxy) is 2. The van der Waals surface area contributed by atoms with Gasteiger partial charge in [0.25, 0.3) is 0 Å². The molecule has 0 radical (unpaired) electrons. The van der Waals surface area contributed by atoms with Crippen LogP contribution in [0, 0.1) is 5.41 Å². The first-order valence-corrected chi connectivity index (χ1v) is 8.67. The SMILES string of the molecule is COc1ccc([C@]23CCN(C)[C@H]2C[C@@H](O)CC32CC2)cc1OC. The molecule has 3 atom stereocenters. The van der Waals surface area contributed by atoms with E-state index < -0.39 is 0 Å². The van der Waals surface area contributed by atoms with Crippen LogP contribution in [-0.2, 0) is 5.41 Å². The molecular weight excluding hydrogens is 290 g/mol. The summed E-state index contributed by atoms with van der Waals surface area (Å²) >= 11 is 0. The minimum atomic E-state index is -0.156. The van der Waals surface area contributed by atoms with Gasteiger partial charge in [-0.2, -0.15) is 0 Å². The monoisotopic (exact) mass is 317 g/mol. The van der Waals surface area contributed by atoms with Crippen molar-refractivity contribution in [1.29, 1.82) is 0 Å². The first-order valence-electron chi connectivity index (χ1n) is 8.67. The minimum Gasteiger partial charge on any atom is -0.493 e. The Bertz CT molecular complexity index is 613. The number of hydrogen-bond donors (Lipinski definition) is 1. The lowest BCUT2D eigenvalue weighted by Crippen LogP contribution is -2.54. The Hall–Kier alpha value is -1.26. The number of fused-ring (bicyclic) bond motifs is 2. The molecule has 2 saturated carbocycles. The number of methoxy groups -OCH3 is 2. The fourth-order valence-corrected chi connectivity index (χ4v) is 5.58. The highest BCUT2D eigenvalue weighted by atomic mass is 16.5. The summed E-state index contributed by atoms with van der Waals surface area (Å²) in [6.45, 7) is 1.10. The average molecular weight is 317 g/mol. The molecule has 1 saturated heterocycles. The fraction of sp³-hybridized carbons (Fsp3) is 0.684. The second-order valence-corrected chi connectivity index (χ2v) is 7.66. The maximum absolute atomic E-state index is 10.4. The van der Waals surface area contributed by atoms with Crippen LogP contribution in [0.2, 0.25) is 0 Å². The van der Waals surface area contributed by atoms with Crippen molar-refractivity contribution in [2.24, 2.45) is 5.41 Å². The van der Waals surface area contributed by atoms with Gasteiger partial charge in [-0.05, 0) is 68.8 Å². The third kappa shape index (κ3) is 1.97. The molecule has 126 valence electrons. The molecule has 1 aromatic rings. The molecule has 1 heterocycles. The lowest BCUT2D eigenvalue weighted by Gasteiger charge is -2.50. The van der Waals surface area contributed by atoms with Crippen LogP contribution in [0.15, 0.2) is 18.2 Å². The maximum Gasteiger partial charge on any atom is 0.161 e. The number of likely N-dealkylation sites (N-methyl/N-ethyl adjacent to an activating group) is 1. The molecule has 0 bridgehead atoms. The van der Waals surface area contributed by atoms with E-state index >= 15 is 0 Å². The van der Waals surface area contributed by atoms with Gasteiger partial charge in [-0.15, -0.1) is 0 Å².